The highest BCUT2D eigenvalue weighted by Gasteiger charge is 2.39. The average Bonchev–Trinajstić information content (AvgIpc) is 2.66. The number of hydrogen-bond acceptors (Lipinski definition) is 3. The van der Waals surface area contributed by atoms with E-state index in [-0.39, 0.29) is 24.2 Å². The molecule has 0 radical (unpaired) electrons. The first-order chi connectivity index (χ1) is 6.36. The number of halogens is 1. The fraction of sp³-hybridized carbons (Fsp3) is 0.444. The van der Waals surface area contributed by atoms with E-state index in [1.165, 1.54) is 5.56 Å². The molecule has 3 nitrogen and oxygen atoms in total. The Morgan fingerprint density at radius 3 is 2.93 bits per heavy atom. The van der Waals surface area contributed by atoms with Crippen molar-refractivity contribution in [3.63, 3.8) is 0 Å². The predicted molar refractivity (Wildman–Crippen MR) is 59.3 cm³/mol. The molecule has 0 unspecified atom stereocenters. The molecule has 1 saturated heterocycles. The number of thiophene rings is 1. The zero-order valence-electron chi connectivity index (χ0n) is 7.45. The molecule has 3 heterocycles. The van der Waals surface area contributed by atoms with Crippen LogP contribution < -0.4 is 10.6 Å². The maximum atomic E-state index is 11.6. The fourth-order valence-electron chi connectivity index (χ4n) is 2.20. The third kappa shape index (κ3) is 1.26. The highest BCUT2D eigenvalue weighted by Crippen LogP contribution is 2.39. The van der Waals surface area contributed by atoms with Crippen LogP contribution in [0, 0.1) is 5.92 Å². The van der Waals surface area contributed by atoms with Gasteiger partial charge >= 0.3 is 0 Å². The third-order valence-corrected chi connectivity index (χ3v) is 3.66. The van der Waals surface area contributed by atoms with Crippen LogP contribution in [0.3, 0.4) is 0 Å². The van der Waals surface area contributed by atoms with Crippen LogP contribution in [0.4, 0.5) is 5.69 Å². The number of amides is 1. The monoisotopic (exact) mass is 230 g/mol. The lowest BCUT2D eigenvalue weighted by Gasteiger charge is -2.24. The molecule has 0 aliphatic carbocycles. The van der Waals surface area contributed by atoms with Gasteiger partial charge in [0.05, 0.1) is 11.6 Å². The van der Waals surface area contributed by atoms with Crippen LogP contribution in [0.15, 0.2) is 10.8 Å². The van der Waals surface area contributed by atoms with E-state index in [1.807, 2.05) is 5.38 Å². The highest BCUT2D eigenvalue weighted by atomic mass is 35.5. The maximum Gasteiger partial charge on any atom is 0.229 e. The van der Waals surface area contributed by atoms with E-state index in [0.717, 1.165) is 18.8 Å². The van der Waals surface area contributed by atoms with Crippen molar-refractivity contribution in [1.82, 2.24) is 5.32 Å². The molecule has 0 spiro atoms. The summed E-state index contributed by atoms with van der Waals surface area (Å²) in [5.41, 5.74) is 2.35. The normalized spacial score (nSPS) is 28.7. The molecule has 14 heavy (non-hydrogen) atoms. The van der Waals surface area contributed by atoms with Crippen molar-refractivity contribution in [2.24, 2.45) is 5.92 Å². The van der Waals surface area contributed by atoms with Crippen molar-refractivity contribution >= 4 is 35.3 Å². The number of rotatable bonds is 0. The Balaban J connectivity index is 0.000000750. The third-order valence-electron chi connectivity index (χ3n) is 2.90. The smallest absolute Gasteiger partial charge is 0.229 e. The molecule has 2 aliphatic rings. The Morgan fingerprint density at radius 1 is 1.29 bits per heavy atom. The van der Waals surface area contributed by atoms with Gasteiger partial charge in [-0.3, -0.25) is 4.79 Å². The highest BCUT2D eigenvalue weighted by molar-refractivity contribution is 7.08. The van der Waals surface area contributed by atoms with E-state index in [9.17, 15) is 4.79 Å². The molecular formula is C9H11ClN2OS. The summed E-state index contributed by atoms with van der Waals surface area (Å²) in [4.78, 5) is 11.6. The van der Waals surface area contributed by atoms with Crippen LogP contribution in [0.1, 0.15) is 11.5 Å². The molecule has 76 valence electrons. The standard InChI is InChI=1S/C9H10N2OS.ClH/c12-9-6-2-10-1-5(6)7-3-13-4-8(7)11-9;/h3-6,10H,1-2H2,(H,11,12);1H/t5-,6-;/m1./s1. The summed E-state index contributed by atoms with van der Waals surface area (Å²) >= 11 is 1.66. The Morgan fingerprint density at radius 2 is 2.07 bits per heavy atom. The summed E-state index contributed by atoms with van der Waals surface area (Å²) in [7, 11) is 0. The van der Waals surface area contributed by atoms with E-state index in [0.29, 0.717) is 5.92 Å². The lowest BCUT2D eigenvalue weighted by atomic mass is 9.86. The molecule has 2 N–H and O–H groups in total. The van der Waals surface area contributed by atoms with Crippen molar-refractivity contribution in [3.05, 3.63) is 16.3 Å². The first kappa shape index (κ1) is 9.96. The van der Waals surface area contributed by atoms with Gasteiger partial charge in [-0.05, 0) is 10.9 Å². The van der Waals surface area contributed by atoms with Crippen molar-refractivity contribution in [2.45, 2.75) is 5.92 Å². The van der Waals surface area contributed by atoms with Gasteiger partial charge in [-0.25, -0.2) is 0 Å². The van der Waals surface area contributed by atoms with E-state index >= 15 is 0 Å². The van der Waals surface area contributed by atoms with Crippen molar-refractivity contribution in [1.29, 1.82) is 0 Å². The Hall–Kier alpha value is -0.580. The second-order valence-electron chi connectivity index (χ2n) is 3.60. The van der Waals surface area contributed by atoms with Crippen LogP contribution >= 0.6 is 23.7 Å². The summed E-state index contributed by atoms with van der Waals surface area (Å²) in [6.07, 6.45) is 0. The first-order valence-electron chi connectivity index (χ1n) is 4.44. The van der Waals surface area contributed by atoms with Gasteiger partial charge in [0, 0.05) is 24.4 Å². The minimum atomic E-state index is 0. The summed E-state index contributed by atoms with van der Waals surface area (Å²) in [6.45, 7) is 1.77. The van der Waals surface area contributed by atoms with Gasteiger partial charge < -0.3 is 10.6 Å². The molecule has 5 heteroatoms. The van der Waals surface area contributed by atoms with Gasteiger partial charge in [0.2, 0.25) is 5.91 Å². The maximum absolute atomic E-state index is 11.6. The van der Waals surface area contributed by atoms with Gasteiger partial charge in [-0.1, -0.05) is 0 Å². The van der Waals surface area contributed by atoms with E-state index in [1.54, 1.807) is 11.3 Å². The summed E-state index contributed by atoms with van der Waals surface area (Å²) in [5, 5.41) is 10.4. The van der Waals surface area contributed by atoms with Crippen LogP contribution in [0.2, 0.25) is 0 Å². The molecule has 3 rings (SSSR count). The molecule has 1 fully saturated rings. The van der Waals surface area contributed by atoms with Crippen LogP contribution in [-0.4, -0.2) is 19.0 Å². The molecule has 0 aromatic carbocycles. The van der Waals surface area contributed by atoms with E-state index in [4.69, 9.17) is 0 Å². The van der Waals surface area contributed by atoms with Gasteiger partial charge in [0.25, 0.3) is 0 Å². The summed E-state index contributed by atoms with van der Waals surface area (Å²) in [6, 6.07) is 0. The molecule has 1 aromatic heterocycles. The van der Waals surface area contributed by atoms with Gasteiger partial charge in [-0.2, -0.15) is 0 Å². The number of nitrogens with one attached hydrogen (secondary N) is 2. The molecule has 0 bridgehead atoms. The van der Waals surface area contributed by atoms with E-state index < -0.39 is 0 Å². The summed E-state index contributed by atoms with van der Waals surface area (Å²) in [5.74, 6) is 0.748. The van der Waals surface area contributed by atoms with Gasteiger partial charge in [0.15, 0.2) is 0 Å². The Labute approximate surface area is 92.3 Å². The molecule has 1 amide bonds. The SMILES string of the molecule is Cl.O=C1Nc2cscc2[C@@H]2CNC[C@@H]12. The van der Waals surface area contributed by atoms with E-state index in [2.05, 4.69) is 16.0 Å². The van der Waals surface area contributed by atoms with Crippen molar-refractivity contribution in [3.8, 4) is 0 Å². The average molecular weight is 231 g/mol. The first-order valence-corrected chi connectivity index (χ1v) is 5.38. The topological polar surface area (TPSA) is 41.1 Å². The lowest BCUT2D eigenvalue weighted by molar-refractivity contribution is -0.120. The van der Waals surface area contributed by atoms with Crippen LogP contribution in [0.25, 0.3) is 0 Å². The molecule has 0 saturated carbocycles. The number of fused-ring (bicyclic) bond motifs is 3. The number of hydrogen-bond donors (Lipinski definition) is 2. The second-order valence-corrected chi connectivity index (χ2v) is 4.34. The second kappa shape index (κ2) is 3.53. The molecule has 1 aromatic rings. The van der Waals surface area contributed by atoms with Crippen LogP contribution in [0.5, 0.6) is 0 Å². The van der Waals surface area contributed by atoms with Gasteiger partial charge in [0.1, 0.15) is 0 Å². The summed E-state index contributed by atoms with van der Waals surface area (Å²) < 4.78 is 0. The minimum absolute atomic E-state index is 0. The molecule has 2 atom stereocenters. The Kier molecular flexibility index (Phi) is 2.51. The van der Waals surface area contributed by atoms with Crippen molar-refractivity contribution in [2.75, 3.05) is 18.4 Å². The van der Waals surface area contributed by atoms with Crippen LogP contribution in [-0.2, 0) is 4.79 Å². The lowest BCUT2D eigenvalue weighted by Crippen LogP contribution is -2.32. The number of anilines is 1. The Bertz CT molecular complexity index is 365. The zero-order chi connectivity index (χ0) is 8.84. The minimum Gasteiger partial charge on any atom is -0.325 e. The van der Waals surface area contributed by atoms with Crippen molar-refractivity contribution < 1.29 is 4.79 Å². The molecule has 2 aliphatic heterocycles. The number of carbonyl (C=O) groups is 1. The largest absolute Gasteiger partial charge is 0.325 e. The number of carbonyl (C=O) groups excluding carboxylic acids is 1. The quantitative estimate of drug-likeness (QED) is 0.708. The molecular weight excluding hydrogens is 220 g/mol. The zero-order valence-corrected chi connectivity index (χ0v) is 9.08. The van der Waals surface area contributed by atoms with Gasteiger partial charge in [-0.15, -0.1) is 23.7 Å². The predicted octanol–water partition coefficient (Wildman–Crippen LogP) is 1.43. The fourth-order valence-corrected chi connectivity index (χ4v) is 3.05.